The van der Waals surface area contributed by atoms with Crippen LogP contribution in [0, 0.1) is 5.41 Å². The molecule has 1 rings (SSSR count). The first-order valence-corrected chi connectivity index (χ1v) is 6.37. The van der Waals surface area contributed by atoms with E-state index >= 15 is 0 Å². The molecule has 0 saturated heterocycles. The average molecular weight is 336 g/mol. The summed E-state index contributed by atoms with van der Waals surface area (Å²) in [6, 6.07) is 7.90. The molecule has 0 aliphatic carbocycles. The summed E-state index contributed by atoms with van der Waals surface area (Å²) in [6.45, 7) is 4.67. The number of hydrogen-bond acceptors (Lipinski definition) is 2. The van der Waals surface area contributed by atoms with E-state index in [4.69, 9.17) is 5.73 Å². The Morgan fingerprint density at radius 1 is 1.39 bits per heavy atom. The van der Waals surface area contributed by atoms with Crippen molar-refractivity contribution in [3.8, 4) is 0 Å². The van der Waals surface area contributed by atoms with E-state index in [-0.39, 0.29) is 18.3 Å². The molecule has 0 heterocycles. The maximum absolute atomic E-state index is 12.1. The summed E-state index contributed by atoms with van der Waals surface area (Å²) in [4.78, 5) is 13.9. The number of carbonyl (C=O) groups excluding carboxylic acids is 1. The van der Waals surface area contributed by atoms with Gasteiger partial charge in [-0.15, -0.1) is 12.4 Å². The fourth-order valence-corrected chi connectivity index (χ4v) is 1.97. The van der Waals surface area contributed by atoms with Gasteiger partial charge in [0.05, 0.1) is 5.41 Å². The van der Waals surface area contributed by atoms with Crippen LogP contribution in [0.5, 0.6) is 0 Å². The van der Waals surface area contributed by atoms with Gasteiger partial charge in [0.15, 0.2) is 0 Å². The first-order valence-electron chi connectivity index (χ1n) is 5.57. The van der Waals surface area contributed by atoms with Gasteiger partial charge in [0.25, 0.3) is 0 Å². The first kappa shape index (κ1) is 17.4. The summed E-state index contributed by atoms with van der Waals surface area (Å²) in [5.74, 6) is 0.0655. The fraction of sp³-hybridized carbons (Fsp3) is 0.462. The SMILES string of the molecule is CN(Cc1ccccc1Br)C(=O)C(C)(C)CN.Cl. The van der Waals surface area contributed by atoms with E-state index in [1.165, 1.54) is 0 Å². The summed E-state index contributed by atoms with van der Waals surface area (Å²) in [5.41, 5.74) is 6.20. The third kappa shape index (κ3) is 4.26. The van der Waals surface area contributed by atoms with Gasteiger partial charge in [-0.1, -0.05) is 34.1 Å². The second-order valence-corrected chi connectivity index (χ2v) is 5.69. The molecule has 18 heavy (non-hydrogen) atoms. The second-order valence-electron chi connectivity index (χ2n) is 4.84. The van der Waals surface area contributed by atoms with E-state index in [0.717, 1.165) is 10.0 Å². The Labute approximate surface area is 123 Å². The standard InChI is InChI=1S/C13H19BrN2O.ClH/c1-13(2,9-15)12(17)16(3)8-10-6-4-5-7-11(10)14;/h4-7H,8-9,15H2,1-3H3;1H. The molecule has 0 spiro atoms. The Bertz CT molecular complexity index is 410. The van der Waals surface area contributed by atoms with Crippen LogP contribution in [0.4, 0.5) is 0 Å². The van der Waals surface area contributed by atoms with Crippen molar-refractivity contribution >= 4 is 34.2 Å². The number of rotatable bonds is 4. The van der Waals surface area contributed by atoms with Crippen LogP contribution in [0.15, 0.2) is 28.7 Å². The van der Waals surface area contributed by atoms with E-state index in [1.807, 2.05) is 38.1 Å². The monoisotopic (exact) mass is 334 g/mol. The van der Waals surface area contributed by atoms with Crippen LogP contribution in [0.2, 0.25) is 0 Å². The second kappa shape index (κ2) is 7.12. The molecule has 3 nitrogen and oxygen atoms in total. The van der Waals surface area contributed by atoms with Crippen LogP contribution in [0.3, 0.4) is 0 Å². The highest BCUT2D eigenvalue weighted by Gasteiger charge is 2.28. The molecule has 0 radical (unpaired) electrons. The number of amides is 1. The zero-order valence-electron chi connectivity index (χ0n) is 10.9. The topological polar surface area (TPSA) is 46.3 Å². The van der Waals surface area contributed by atoms with Crippen LogP contribution in [0.1, 0.15) is 19.4 Å². The minimum Gasteiger partial charge on any atom is -0.341 e. The third-order valence-corrected chi connectivity index (χ3v) is 3.57. The predicted octanol–water partition coefficient (Wildman–Crippen LogP) is 2.81. The summed E-state index contributed by atoms with van der Waals surface area (Å²) in [6.07, 6.45) is 0. The molecule has 102 valence electrons. The fourth-order valence-electron chi connectivity index (χ4n) is 1.56. The molecular formula is C13H20BrClN2O. The van der Waals surface area contributed by atoms with Gasteiger partial charge in [-0.3, -0.25) is 4.79 Å². The Balaban J connectivity index is 0.00000289. The minimum absolute atomic E-state index is 0. The summed E-state index contributed by atoms with van der Waals surface area (Å²) in [7, 11) is 1.80. The van der Waals surface area contributed by atoms with Crippen molar-refractivity contribution < 1.29 is 4.79 Å². The Morgan fingerprint density at radius 2 is 1.94 bits per heavy atom. The lowest BCUT2D eigenvalue weighted by atomic mass is 9.92. The summed E-state index contributed by atoms with van der Waals surface area (Å²) >= 11 is 3.48. The molecule has 0 bridgehead atoms. The number of hydrogen-bond donors (Lipinski definition) is 1. The highest BCUT2D eigenvalue weighted by molar-refractivity contribution is 9.10. The van der Waals surface area contributed by atoms with Crippen molar-refractivity contribution in [2.75, 3.05) is 13.6 Å². The maximum Gasteiger partial charge on any atom is 0.229 e. The normalized spacial score (nSPS) is 10.7. The van der Waals surface area contributed by atoms with Crippen molar-refractivity contribution in [1.82, 2.24) is 4.90 Å². The predicted molar refractivity (Wildman–Crippen MR) is 80.7 cm³/mol. The number of nitrogens with zero attached hydrogens (tertiary/aromatic N) is 1. The lowest BCUT2D eigenvalue weighted by molar-refractivity contribution is -0.139. The van der Waals surface area contributed by atoms with E-state index in [2.05, 4.69) is 15.9 Å². The Morgan fingerprint density at radius 3 is 2.44 bits per heavy atom. The van der Waals surface area contributed by atoms with Crippen molar-refractivity contribution in [3.05, 3.63) is 34.3 Å². The van der Waals surface area contributed by atoms with Crippen molar-refractivity contribution in [2.24, 2.45) is 11.1 Å². The molecule has 1 aromatic rings. The Hall–Kier alpha value is -0.580. The zero-order chi connectivity index (χ0) is 13.1. The van der Waals surface area contributed by atoms with Crippen molar-refractivity contribution in [3.63, 3.8) is 0 Å². The average Bonchev–Trinajstić information content (AvgIpc) is 2.31. The lowest BCUT2D eigenvalue weighted by Crippen LogP contribution is -2.42. The molecule has 0 aliphatic heterocycles. The summed E-state index contributed by atoms with van der Waals surface area (Å²) < 4.78 is 1.02. The highest BCUT2D eigenvalue weighted by Crippen LogP contribution is 2.21. The molecular weight excluding hydrogens is 316 g/mol. The maximum atomic E-state index is 12.1. The van der Waals surface area contributed by atoms with Gasteiger partial charge >= 0.3 is 0 Å². The largest absolute Gasteiger partial charge is 0.341 e. The molecule has 1 amide bonds. The smallest absolute Gasteiger partial charge is 0.229 e. The highest BCUT2D eigenvalue weighted by atomic mass is 79.9. The van der Waals surface area contributed by atoms with E-state index in [0.29, 0.717) is 13.1 Å². The molecule has 2 N–H and O–H groups in total. The van der Waals surface area contributed by atoms with Crippen molar-refractivity contribution in [2.45, 2.75) is 20.4 Å². The van der Waals surface area contributed by atoms with Crippen LogP contribution in [-0.2, 0) is 11.3 Å². The summed E-state index contributed by atoms with van der Waals surface area (Å²) in [5, 5.41) is 0. The quantitative estimate of drug-likeness (QED) is 0.919. The van der Waals surface area contributed by atoms with E-state index in [9.17, 15) is 4.79 Å². The molecule has 0 atom stereocenters. The number of nitrogens with two attached hydrogens (primary N) is 1. The number of carbonyl (C=O) groups is 1. The van der Waals surface area contributed by atoms with E-state index in [1.54, 1.807) is 11.9 Å². The van der Waals surface area contributed by atoms with Gasteiger partial charge in [-0.2, -0.15) is 0 Å². The van der Waals surface area contributed by atoms with Gasteiger partial charge in [0, 0.05) is 24.6 Å². The molecule has 0 fully saturated rings. The Kier molecular flexibility index (Phi) is 6.89. The molecule has 0 aromatic heterocycles. The van der Waals surface area contributed by atoms with Crippen LogP contribution in [-0.4, -0.2) is 24.4 Å². The zero-order valence-corrected chi connectivity index (χ0v) is 13.3. The van der Waals surface area contributed by atoms with Gasteiger partial charge in [0.1, 0.15) is 0 Å². The van der Waals surface area contributed by atoms with Gasteiger partial charge in [0.2, 0.25) is 5.91 Å². The number of benzene rings is 1. The molecule has 0 aliphatic rings. The molecule has 5 heteroatoms. The van der Waals surface area contributed by atoms with E-state index < -0.39 is 5.41 Å². The van der Waals surface area contributed by atoms with Crippen molar-refractivity contribution in [1.29, 1.82) is 0 Å². The number of halogens is 2. The van der Waals surface area contributed by atoms with Crippen LogP contribution in [0.25, 0.3) is 0 Å². The van der Waals surface area contributed by atoms with Gasteiger partial charge in [-0.05, 0) is 25.5 Å². The molecule has 0 saturated carbocycles. The molecule has 1 aromatic carbocycles. The van der Waals surface area contributed by atoms with Gasteiger partial charge < -0.3 is 10.6 Å². The van der Waals surface area contributed by atoms with Crippen LogP contribution >= 0.6 is 28.3 Å². The first-order chi connectivity index (χ1) is 7.88. The van der Waals surface area contributed by atoms with Crippen LogP contribution < -0.4 is 5.73 Å². The lowest BCUT2D eigenvalue weighted by Gasteiger charge is -2.28. The van der Waals surface area contributed by atoms with Gasteiger partial charge in [-0.25, -0.2) is 0 Å². The third-order valence-electron chi connectivity index (χ3n) is 2.80. The molecule has 0 unspecified atom stereocenters. The minimum atomic E-state index is -0.504.